The van der Waals surface area contributed by atoms with E-state index in [0.29, 0.717) is 11.3 Å². The van der Waals surface area contributed by atoms with Gasteiger partial charge < -0.3 is 14.6 Å². The first-order valence-corrected chi connectivity index (χ1v) is 6.65. The molecule has 0 atom stereocenters. The Bertz CT molecular complexity index is 689. The highest BCUT2D eigenvalue weighted by Crippen LogP contribution is 2.24. The second-order valence-electron chi connectivity index (χ2n) is 4.71. The highest BCUT2D eigenvalue weighted by molar-refractivity contribution is 5.96. The molecule has 114 valence electrons. The van der Waals surface area contributed by atoms with Crippen LogP contribution in [0.15, 0.2) is 42.5 Å². The number of ether oxygens (including phenoxy) is 2. The van der Waals surface area contributed by atoms with Crippen LogP contribution >= 0.6 is 0 Å². The van der Waals surface area contributed by atoms with Crippen molar-refractivity contribution in [3.05, 3.63) is 59.2 Å². The Kier molecular flexibility index (Phi) is 4.78. The van der Waals surface area contributed by atoms with Gasteiger partial charge in [0.2, 0.25) is 0 Å². The second kappa shape index (κ2) is 6.76. The largest absolute Gasteiger partial charge is 0.507 e. The van der Waals surface area contributed by atoms with Gasteiger partial charge in [-0.05, 0) is 36.8 Å². The summed E-state index contributed by atoms with van der Waals surface area (Å²) >= 11 is 0. The predicted octanol–water partition coefficient (Wildman–Crippen LogP) is 2.96. The van der Waals surface area contributed by atoms with Crippen LogP contribution in [0.25, 0.3) is 0 Å². The van der Waals surface area contributed by atoms with Crippen LogP contribution in [0, 0.1) is 0 Å². The summed E-state index contributed by atoms with van der Waals surface area (Å²) in [5.41, 5.74) is 1.59. The molecule has 2 rings (SSSR count). The van der Waals surface area contributed by atoms with Crippen LogP contribution in [0.2, 0.25) is 0 Å². The Morgan fingerprint density at radius 2 is 1.77 bits per heavy atom. The Labute approximate surface area is 128 Å². The van der Waals surface area contributed by atoms with E-state index < -0.39 is 5.97 Å². The summed E-state index contributed by atoms with van der Waals surface area (Å²) in [5.74, 6) is -0.245. The zero-order valence-corrected chi connectivity index (χ0v) is 12.3. The summed E-state index contributed by atoms with van der Waals surface area (Å²) < 4.78 is 10.2. The number of carbonyl (C=O) groups is 2. The van der Waals surface area contributed by atoms with Gasteiger partial charge in [-0.1, -0.05) is 12.1 Å². The van der Waals surface area contributed by atoms with E-state index in [1.807, 2.05) is 0 Å². The molecular weight excluding hydrogens is 284 g/mol. The number of hydrogen-bond acceptors (Lipinski definition) is 5. The number of ketones is 1. The molecule has 0 aliphatic carbocycles. The van der Waals surface area contributed by atoms with Gasteiger partial charge in [0.1, 0.15) is 18.1 Å². The predicted molar refractivity (Wildman–Crippen MR) is 80.2 cm³/mol. The highest BCUT2D eigenvalue weighted by atomic mass is 16.5. The maximum absolute atomic E-state index is 11.3. The van der Waals surface area contributed by atoms with Crippen molar-refractivity contribution in [3.8, 4) is 11.5 Å². The van der Waals surface area contributed by atoms with Crippen LogP contribution in [0.4, 0.5) is 0 Å². The number of phenolic OH excluding ortho intramolecular Hbond substituents is 1. The average Bonchev–Trinajstić information content (AvgIpc) is 2.52. The van der Waals surface area contributed by atoms with Crippen molar-refractivity contribution in [2.24, 2.45) is 0 Å². The van der Waals surface area contributed by atoms with Gasteiger partial charge >= 0.3 is 5.97 Å². The van der Waals surface area contributed by atoms with E-state index in [-0.39, 0.29) is 23.7 Å². The number of methoxy groups -OCH3 is 1. The third-order valence-electron chi connectivity index (χ3n) is 3.13. The third-order valence-corrected chi connectivity index (χ3v) is 3.13. The molecule has 0 aromatic heterocycles. The molecule has 0 saturated carbocycles. The van der Waals surface area contributed by atoms with Crippen LogP contribution in [0.5, 0.6) is 11.5 Å². The fourth-order valence-corrected chi connectivity index (χ4v) is 1.92. The standard InChI is InChI=1S/C17H16O5/c1-11(18)15-8-7-14(9-16(15)19)22-10-12-3-5-13(6-4-12)17(20)21-2/h3-9,19H,10H2,1-2H3. The molecule has 0 unspecified atom stereocenters. The molecule has 5 nitrogen and oxygen atoms in total. The lowest BCUT2D eigenvalue weighted by Crippen LogP contribution is -2.02. The van der Waals surface area contributed by atoms with Crippen molar-refractivity contribution < 1.29 is 24.2 Å². The van der Waals surface area contributed by atoms with Crippen molar-refractivity contribution in [2.75, 3.05) is 7.11 Å². The summed E-state index contributed by atoms with van der Waals surface area (Å²) in [6.07, 6.45) is 0. The van der Waals surface area contributed by atoms with Crippen molar-refractivity contribution in [1.82, 2.24) is 0 Å². The number of rotatable bonds is 5. The van der Waals surface area contributed by atoms with Crippen LogP contribution in [-0.2, 0) is 11.3 Å². The molecule has 0 bridgehead atoms. The summed E-state index contributed by atoms with van der Waals surface area (Å²) in [6, 6.07) is 11.4. The maximum atomic E-state index is 11.3. The Morgan fingerprint density at radius 3 is 2.32 bits per heavy atom. The quantitative estimate of drug-likeness (QED) is 0.679. The third kappa shape index (κ3) is 3.63. The minimum absolute atomic E-state index is 0.106. The second-order valence-corrected chi connectivity index (χ2v) is 4.71. The molecular formula is C17H16O5. The van der Waals surface area contributed by atoms with E-state index >= 15 is 0 Å². The number of carbonyl (C=O) groups excluding carboxylic acids is 2. The molecule has 1 N–H and O–H groups in total. The van der Waals surface area contributed by atoms with E-state index in [1.165, 1.54) is 26.2 Å². The fraction of sp³-hybridized carbons (Fsp3) is 0.176. The van der Waals surface area contributed by atoms with E-state index in [4.69, 9.17) is 4.74 Å². The number of esters is 1. The van der Waals surface area contributed by atoms with Gasteiger partial charge in [-0.3, -0.25) is 4.79 Å². The SMILES string of the molecule is COC(=O)c1ccc(COc2ccc(C(C)=O)c(O)c2)cc1. The molecule has 2 aromatic rings. The van der Waals surface area contributed by atoms with Gasteiger partial charge in [0.05, 0.1) is 18.2 Å². The van der Waals surface area contributed by atoms with Gasteiger partial charge in [-0.2, -0.15) is 0 Å². The van der Waals surface area contributed by atoms with E-state index in [2.05, 4.69) is 4.74 Å². The van der Waals surface area contributed by atoms with Crippen molar-refractivity contribution >= 4 is 11.8 Å². The van der Waals surface area contributed by atoms with Crippen molar-refractivity contribution in [1.29, 1.82) is 0 Å². The number of aromatic hydroxyl groups is 1. The minimum Gasteiger partial charge on any atom is -0.507 e. The fourth-order valence-electron chi connectivity index (χ4n) is 1.92. The number of phenols is 1. The average molecular weight is 300 g/mol. The first kappa shape index (κ1) is 15.6. The Balaban J connectivity index is 2.02. The van der Waals surface area contributed by atoms with E-state index in [1.54, 1.807) is 30.3 Å². The lowest BCUT2D eigenvalue weighted by molar-refractivity contribution is 0.0600. The van der Waals surface area contributed by atoms with Gasteiger partial charge in [-0.25, -0.2) is 4.79 Å². The summed E-state index contributed by atoms with van der Waals surface area (Å²) in [5, 5.41) is 9.73. The molecule has 0 amide bonds. The van der Waals surface area contributed by atoms with Gasteiger partial charge in [-0.15, -0.1) is 0 Å². The minimum atomic E-state index is -0.391. The highest BCUT2D eigenvalue weighted by Gasteiger charge is 2.08. The normalized spacial score (nSPS) is 10.1. The molecule has 0 saturated heterocycles. The molecule has 22 heavy (non-hydrogen) atoms. The van der Waals surface area contributed by atoms with Gasteiger partial charge in [0.25, 0.3) is 0 Å². The Hall–Kier alpha value is -2.82. The molecule has 0 spiro atoms. The van der Waals surface area contributed by atoms with E-state index in [0.717, 1.165) is 5.56 Å². The maximum Gasteiger partial charge on any atom is 0.337 e. The number of Topliss-reactive ketones (excluding diaryl/α,β-unsaturated/α-hetero) is 1. The summed E-state index contributed by atoms with van der Waals surface area (Å²) in [6.45, 7) is 1.67. The topological polar surface area (TPSA) is 72.8 Å². The van der Waals surface area contributed by atoms with Crippen LogP contribution < -0.4 is 4.74 Å². The molecule has 0 aliphatic rings. The monoisotopic (exact) mass is 300 g/mol. The lowest BCUT2D eigenvalue weighted by atomic mass is 10.1. The lowest BCUT2D eigenvalue weighted by Gasteiger charge is -2.08. The zero-order valence-electron chi connectivity index (χ0n) is 12.3. The van der Waals surface area contributed by atoms with Gasteiger partial charge in [0, 0.05) is 6.07 Å². The van der Waals surface area contributed by atoms with Crippen molar-refractivity contribution in [2.45, 2.75) is 13.5 Å². The van der Waals surface area contributed by atoms with Crippen LogP contribution in [-0.4, -0.2) is 24.0 Å². The smallest absolute Gasteiger partial charge is 0.337 e. The molecule has 0 heterocycles. The summed E-state index contributed by atoms with van der Waals surface area (Å²) in [7, 11) is 1.33. The van der Waals surface area contributed by atoms with Crippen molar-refractivity contribution in [3.63, 3.8) is 0 Å². The molecule has 0 radical (unpaired) electrons. The number of hydrogen-bond donors (Lipinski definition) is 1. The van der Waals surface area contributed by atoms with Gasteiger partial charge in [0.15, 0.2) is 5.78 Å². The molecule has 0 aliphatic heterocycles. The molecule has 5 heteroatoms. The summed E-state index contributed by atoms with van der Waals surface area (Å²) in [4.78, 5) is 22.5. The molecule has 0 fully saturated rings. The van der Waals surface area contributed by atoms with Crippen LogP contribution in [0.1, 0.15) is 33.2 Å². The number of benzene rings is 2. The van der Waals surface area contributed by atoms with E-state index in [9.17, 15) is 14.7 Å². The zero-order chi connectivity index (χ0) is 16.1. The molecule has 2 aromatic carbocycles. The first-order chi connectivity index (χ1) is 10.5. The van der Waals surface area contributed by atoms with Crippen LogP contribution in [0.3, 0.4) is 0 Å². The first-order valence-electron chi connectivity index (χ1n) is 6.65. The Morgan fingerprint density at radius 1 is 1.09 bits per heavy atom.